The van der Waals surface area contributed by atoms with Gasteiger partial charge in [0, 0.05) is 17.3 Å². The first-order valence-corrected chi connectivity index (χ1v) is 5.84. The number of aromatic nitrogens is 2. The van der Waals surface area contributed by atoms with Gasteiger partial charge in [0.05, 0.1) is 5.69 Å². The summed E-state index contributed by atoms with van der Waals surface area (Å²) in [6.45, 7) is 8.08. The second kappa shape index (κ2) is 3.31. The second-order valence-corrected chi connectivity index (χ2v) is 5.83. The van der Waals surface area contributed by atoms with E-state index in [0.717, 1.165) is 16.3 Å². The van der Waals surface area contributed by atoms with Gasteiger partial charge in [-0.2, -0.15) is 0 Å². The molecule has 0 aliphatic carbocycles. The van der Waals surface area contributed by atoms with Crippen molar-refractivity contribution in [3.8, 4) is 0 Å². The molecule has 0 saturated carbocycles. The van der Waals surface area contributed by atoms with Gasteiger partial charge < -0.3 is 5.11 Å². The third kappa shape index (κ3) is 1.61. The highest BCUT2D eigenvalue weighted by molar-refractivity contribution is 7.18. The van der Waals surface area contributed by atoms with Crippen LogP contribution in [0.15, 0.2) is 6.20 Å². The van der Waals surface area contributed by atoms with Gasteiger partial charge in [0.1, 0.15) is 4.88 Å². The Morgan fingerprint density at radius 2 is 2.12 bits per heavy atom. The van der Waals surface area contributed by atoms with Crippen LogP contribution in [0.4, 0.5) is 0 Å². The van der Waals surface area contributed by atoms with Crippen LogP contribution in [-0.2, 0) is 5.41 Å². The van der Waals surface area contributed by atoms with E-state index in [4.69, 9.17) is 5.11 Å². The normalized spacial score (nSPS) is 12.2. The fraction of sp³-hybridized carbons (Fsp3) is 0.455. The monoisotopic (exact) mass is 238 g/mol. The van der Waals surface area contributed by atoms with E-state index in [9.17, 15) is 4.79 Å². The van der Waals surface area contributed by atoms with Crippen LogP contribution < -0.4 is 0 Å². The smallest absolute Gasteiger partial charge is 0.347 e. The number of carboxylic acids is 1. The molecule has 0 aliphatic heterocycles. The molecule has 5 heteroatoms. The Bertz CT molecular complexity index is 560. The highest BCUT2D eigenvalue weighted by atomic mass is 32.1. The predicted octanol–water partition coefficient (Wildman–Crippen LogP) is 2.70. The molecule has 0 amide bonds. The number of aromatic carboxylic acids is 1. The van der Waals surface area contributed by atoms with Gasteiger partial charge in [-0.15, -0.1) is 0 Å². The zero-order chi connectivity index (χ0) is 12.1. The molecule has 2 aromatic heterocycles. The summed E-state index contributed by atoms with van der Waals surface area (Å²) in [5.74, 6) is -0.884. The van der Waals surface area contributed by atoms with E-state index in [1.807, 2.05) is 10.6 Å². The number of imidazole rings is 1. The van der Waals surface area contributed by atoms with Crippen molar-refractivity contribution in [1.29, 1.82) is 0 Å². The molecular weight excluding hydrogens is 224 g/mol. The van der Waals surface area contributed by atoms with Crippen molar-refractivity contribution in [3.63, 3.8) is 0 Å². The minimum Gasteiger partial charge on any atom is -0.477 e. The zero-order valence-corrected chi connectivity index (χ0v) is 10.6. The van der Waals surface area contributed by atoms with E-state index in [-0.39, 0.29) is 5.41 Å². The van der Waals surface area contributed by atoms with Crippen molar-refractivity contribution in [3.05, 3.63) is 22.5 Å². The number of carbonyl (C=O) groups is 1. The average molecular weight is 238 g/mol. The maximum absolute atomic E-state index is 10.9. The minimum atomic E-state index is -0.884. The molecule has 4 nitrogen and oxygen atoms in total. The number of aryl methyl sites for hydroxylation is 1. The highest BCUT2D eigenvalue weighted by Crippen LogP contribution is 2.27. The predicted molar refractivity (Wildman–Crippen MR) is 63.5 cm³/mol. The van der Waals surface area contributed by atoms with Crippen molar-refractivity contribution in [2.75, 3.05) is 0 Å². The number of thiazole rings is 1. The molecule has 0 atom stereocenters. The maximum Gasteiger partial charge on any atom is 0.347 e. The van der Waals surface area contributed by atoms with Gasteiger partial charge in [0.2, 0.25) is 0 Å². The molecule has 1 N–H and O–H groups in total. The largest absolute Gasteiger partial charge is 0.477 e. The Labute approximate surface area is 97.6 Å². The molecule has 0 spiro atoms. The lowest BCUT2D eigenvalue weighted by Crippen LogP contribution is -2.11. The number of hydrogen-bond acceptors (Lipinski definition) is 3. The lowest BCUT2D eigenvalue weighted by Gasteiger charge is -2.13. The zero-order valence-electron chi connectivity index (χ0n) is 9.74. The van der Waals surface area contributed by atoms with Crippen LogP contribution in [0.5, 0.6) is 0 Å². The number of fused-ring (bicyclic) bond motifs is 1. The maximum atomic E-state index is 10.9. The quantitative estimate of drug-likeness (QED) is 0.831. The van der Waals surface area contributed by atoms with Gasteiger partial charge in [-0.3, -0.25) is 4.40 Å². The Morgan fingerprint density at radius 1 is 1.50 bits per heavy atom. The molecule has 16 heavy (non-hydrogen) atoms. The van der Waals surface area contributed by atoms with Crippen molar-refractivity contribution in [2.45, 2.75) is 33.1 Å². The fourth-order valence-corrected chi connectivity index (χ4v) is 2.46. The first-order valence-electron chi connectivity index (χ1n) is 5.03. The molecule has 0 aliphatic rings. The molecule has 0 fully saturated rings. The molecule has 0 radical (unpaired) electrons. The van der Waals surface area contributed by atoms with E-state index in [2.05, 4.69) is 25.8 Å². The lowest BCUT2D eigenvalue weighted by atomic mass is 9.93. The summed E-state index contributed by atoms with van der Waals surface area (Å²) in [4.78, 5) is 16.5. The summed E-state index contributed by atoms with van der Waals surface area (Å²) >= 11 is 1.22. The van der Waals surface area contributed by atoms with Crippen LogP contribution in [0.25, 0.3) is 4.96 Å². The summed E-state index contributed by atoms with van der Waals surface area (Å²) in [7, 11) is 0. The minimum absolute atomic E-state index is 0.0123. The van der Waals surface area contributed by atoms with Crippen LogP contribution >= 0.6 is 11.3 Å². The van der Waals surface area contributed by atoms with Crippen molar-refractivity contribution < 1.29 is 9.90 Å². The second-order valence-electron chi connectivity index (χ2n) is 4.85. The standard InChI is InChI=1S/C11H14N2O2S/c1-6-8(9(14)15)16-10-12-7(5-13(6)10)11(2,3)4/h5H,1-4H3,(H,14,15). The number of rotatable bonds is 1. The van der Waals surface area contributed by atoms with Crippen molar-refractivity contribution in [2.24, 2.45) is 0 Å². The Hall–Kier alpha value is -1.36. The highest BCUT2D eigenvalue weighted by Gasteiger charge is 2.21. The molecule has 0 bridgehead atoms. The van der Waals surface area contributed by atoms with E-state index in [1.54, 1.807) is 6.92 Å². The summed E-state index contributed by atoms with van der Waals surface area (Å²) in [6.07, 6.45) is 1.92. The van der Waals surface area contributed by atoms with Gasteiger partial charge in [0.25, 0.3) is 0 Å². The Balaban J connectivity index is 2.63. The first-order chi connectivity index (χ1) is 7.30. The summed E-state index contributed by atoms with van der Waals surface area (Å²) in [5.41, 5.74) is 1.72. The number of carboxylic acid groups (broad SMARTS) is 1. The van der Waals surface area contributed by atoms with E-state index in [1.165, 1.54) is 11.3 Å². The van der Waals surface area contributed by atoms with Gasteiger partial charge in [-0.05, 0) is 6.92 Å². The Kier molecular flexibility index (Phi) is 2.31. The summed E-state index contributed by atoms with van der Waals surface area (Å²) in [5, 5.41) is 8.98. The van der Waals surface area contributed by atoms with Crippen LogP contribution in [0.2, 0.25) is 0 Å². The van der Waals surface area contributed by atoms with Crippen LogP contribution in [0, 0.1) is 6.92 Å². The Morgan fingerprint density at radius 3 is 2.56 bits per heavy atom. The van der Waals surface area contributed by atoms with Gasteiger partial charge in [0.15, 0.2) is 4.96 Å². The van der Waals surface area contributed by atoms with Gasteiger partial charge >= 0.3 is 5.97 Å². The van der Waals surface area contributed by atoms with Crippen LogP contribution in [0.1, 0.15) is 41.8 Å². The van der Waals surface area contributed by atoms with E-state index >= 15 is 0 Å². The lowest BCUT2D eigenvalue weighted by molar-refractivity contribution is 0.0701. The molecule has 86 valence electrons. The summed E-state index contributed by atoms with van der Waals surface area (Å²) in [6, 6.07) is 0. The third-order valence-corrected chi connectivity index (χ3v) is 3.66. The summed E-state index contributed by atoms with van der Waals surface area (Å²) < 4.78 is 1.86. The van der Waals surface area contributed by atoms with Gasteiger partial charge in [-0.25, -0.2) is 9.78 Å². The molecular formula is C11H14N2O2S. The number of nitrogens with zero attached hydrogens (tertiary/aromatic N) is 2. The molecule has 2 heterocycles. The topological polar surface area (TPSA) is 54.6 Å². The molecule has 0 unspecified atom stereocenters. The molecule has 0 aromatic carbocycles. The third-order valence-electron chi connectivity index (χ3n) is 2.52. The van der Waals surface area contributed by atoms with E-state index < -0.39 is 5.97 Å². The number of hydrogen-bond donors (Lipinski definition) is 1. The van der Waals surface area contributed by atoms with Crippen molar-refractivity contribution >= 4 is 22.3 Å². The first kappa shape index (κ1) is 11.1. The van der Waals surface area contributed by atoms with Crippen molar-refractivity contribution in [1.82, 2.24) is 9.38 Å². The van der Waals surface area contributed by atoms with Crippen LogP contribution in [0.3, 0.4) is 0 Å². The van der Waals surface area contributed by atoms with E-state index in [0.29, 0.717) is 4.88 Å². The average Bonchev–Trinajstić information content (AvgIpc) is 2.64. The molecule has 0 saturated heterocycles. The van der Waals surface area contributed by atoms with Crippen LogP contribution in [-0.4, -0.2) is 20.5 Å². The molecule has 2 rings (SSSR count). The fourth-order valence-electron chi connectivity index (χ4n) is 1.51. The SMILES string of the molecule is Cc1c(C(=O)O)sc2nc(C(C)(C)C)cn12. The molecule has 2 aromatic rings. The van der Waals surface area contributed by atoms with Gasteiger partial charge in [-0.1, -0.05) is 32.1 Å².